The molecule has 1 atom stereocenters. The van der Waals surface area contributed by atoms with Crippen LogP contribution in [0, 0.1) is 0 Å². The normalized spacial score (nSPS) is 14.5. The summed E-state index contributed by atoms with van der Waals surface area (Å²) in [6, 6.07) is 0. The number of allylic oxidation sites excluding steroid dienone is 1. The van der Waals surface area contributed by atoms with Gasteiger partial charge in [-0.1, -0.05) is 12.2 Å². The molecule has 0 saturated heterocycles. The molecule has 0 aliphatic carbocycles. The minimum absolute atomic E-state index is 0.0196. The van der Waals surface area contributed by atoms with Crippen LogP contribution in [0.4, 0.5) is 5.95 Å². The van der Waals surface area contributed by atoms with Gasteiger partial charge in [-0.05, 0) is 6.92 Å². The SMILES string of the molecule is CCOP(=O)(O)COC/C=C\Cn1cnc2c(=O)[nH]c(N)nc21. The van der Waals surface area contributed by atoms with Gasteiger partial charge in [0, 0.05) is 6.54 Å². The highest BCUT2D eigenvalue weighted by atomic mass is 31.2. The highest BCUT2D eigenvalue weighted by Crippen LogP contribution is 2.41. The van der Waals surface area contributed by atoms with Crippen molar-refractivity contribution in [3.63, 3.8) is 0 Å². The Morgan fingerprint density at radius 1 is 1.52 bits per heavy atom. The van der Waals surface area contributed by atoms with E-state index < -0.39 is 13.2 Å². The number of nitrogens with two attached hydrogens (primary N) is 1. The van der Waals surface area contributed by atoms with Crippen molar-refractivity contribution in [1.82, 2.24) is 19.5 Å². The van der Waals surface area contributed by atoms with Crippen molar-refractivity contribution in [2.45, 2.75) is 13.5 Å². The van der Waals surface area contributed by atoms with E-state index in [1.807, 2.05) is 0 Å². The summed E-state index contributed by atoms with van der Waals surface area (Å²) in [6.45, 7) is 2.33. The number of ether oxygens (including phenoxy) is 1. The third kappa shape index (κ3) is 4.73. The fourth-order valence-electron chi connectivity index (χ4n) is 1.84. The Morgan fingerprint density at radius 2 is 2.30 bits per heavy atom. The minimum atomic E-state index is -3.67. The van der Waals surface area contributed by atoms with Gasteiger partial charge in [0.25, 0.3) is 5.56 Å². The molecule has 0 saturated carbocycles. The first kappa shape index (κ1) is 17.4. The van der Waals surface area contributed by atoms with E-state index in [4.69, 9.17) is 10.5 Å². The molecular weight excluding hydrogens is 325 g/mol. The molecule has 23 heavy (non-hydrogen) atoms. The number of nitrogen functional groups attached to an aromatic ring is 1. The Kier molecular flexibility index (Phi) is 5.67. The first-order valence-corrected chi connectivity index (χ1v) is 8.59. The molecule has 0 aliphatic heterocycles. The maximum atomic E-state index is 11.6. The molecule has 2 aromatic heterocycles. The third-order valence-corrected chi connectivity index (χ3v) is 3.93. The molecule has 2 aromatic rings. The van der Waals surface area contributed by atoms with E-state index >= 15 is 0 Å². The van der Waals surface area contributed by atoms with Crippen LogP contribution < -0.4 is 11.3 Å². The molecule has 1 unspecified atom stereocenters. The average Bonchev–Trinajstić information content (AvgIpc) is 2.86. The fourth-order valence-corrected chi connectivity index (χ4v) is 2.65. The molecule has 4 N–H and O–H groups in total. The van der Waals surface area contributed by atoms with E-state index in [2.05, 4.69) is 19.5 Å². The van der Waals surface area contributed by atoms with Crippen molar-refractivity contribution in [1.29, 1.82) is 0 Å². The summed E-state index contributed by atoms with van der Waals surface area (Å²) in [5.41, 5.74) is 5.70. The van der Waals surface area contributed by atoms with Gasteiger partial charge in [-0.2, -0.15) is 4.98 Å². The van der Waals surface area contributed by atoms with Gasteiger partial charge in [0.1, 0.15) is 6.35 Å². The third-order valence-electron chi connectivity index (χ3n) is 2.76. The van der Waals surface area contributed by atoms with Crippen molar-refractivity contribution in [2.24, 2.45) is 0 Å². The lowest BCUT2D eigenvalue weighted by Crippen LogP contribution is -2.12. The van der Waals surface area contributed by atoms with Crippen molar-refractivity contribution in [3.8, 4) is 0 Å². The number of hydrogen-bond donors (Lipinski definition) is 3. The summed E-state index contributed by atoms with van der Waals surface area (Å²) in [5.74, 6) is 0.0196. The molecule has 0 spiro atoms. The fraction of sp³-hybridized carbons (Fsp3) is 0.417. The first-order valence-electron chi connectivity index (χ1n) is 6.82. The Hall–Kier alpha value is -2.00. The van der Waals surface area contributed by atoms with Crippen LogP contribution in [-0.2, 0) is 20.4 Å². The minimum Gasteiger partial charge on any atom is -0.369 e. The Balaban J connectivity index is 1.89. The summed E-state index contributed by atoms with van der Waals surface area (Å²) in [4.78, 5) is 31.3. The number of H-pyrrole nitrogens is 1. The number of imidazole rings is 1. The molecule has 0 aliphatic rings. The second-order valence-corrected chi connectivity index (χ2v) is 6.34. The van der Waals surface area contributed by atoms with Gasteiger partial charge in [-0.3, -0.25) is 14.3 Å². The molecule has 0 fully saturated rings. The van der Waals surface area contributed by atoms with Crippen LogP contribution in [0.1, 0.15) is 6.92 Å². The second-order valence-electron chi connectivity index (χ2n) is 4.55. The van der Waals surface area contributed by atoms with Gasteiger partial charge in [0.15, 0.2) is 11.2 Å². The van der Waals surface area contributed by atoms with Crippen LogP contribution >= 0.6 is 7.60 Å². The van der Waals surface area contributed by atoms with Crippen LogP contribution in [0.15, 0.2) is 23.3 Å². The van der Waals surface area contributed by atoms with Gasteiger partial charge in [0.2, 0.25) is 5.95 Å². The van der Waals surface area contributed by atoms with Crippen LogP contribution in [0.2, 0.25) is 0 Å². The molecule has 0 bridgehead atoms. The van der Waals surface area contributed by atoms with E-state index in [1.54, 1.807) is 23.6 Å². The van der Waals surface area contributed by atoms with E-state index in [-0.39, 0.29) is 31.0 Å². The molecule has 0 aromatic carbocycles. The quantitative estimate of drug-likeness (QED) is 0.356. The van der Waals surface area contributed by atoms with Crippen LogP contribution in [0.5, 0.6) is 0 Å². The van der Waals surface area contributed by atoms with Crippen molar-refractivity contribution in [2.75, 3.05) is 25.3 Å². The van der Waals surface area contributed by atoms with E-state index in [9.17, 15) is 14.3 Å². The number of anilines is 1. The zero-order valence-corrected chi connectivity index (χ0v) is 13.4. The summed E-state index contributed by atoms with van der Waals surface area (Å²) < 4.78 is 22.7. The van der Waals surface area contributed by atoms with Crippen LogP contribution in [0.25, 0.3) is 11.2 Å². The Morgan fingerprint density at radius 3 is 3.04 bits per heavy atom. The predicted octanol–water partition coefficient (Wildman–Crippen LogP) is 0.454. The zero-order chi connectivity index (χ0) is 16.9. The largest absolute Gasteiger partial charge is 0.369 e. The zero-order valence-electron chi connectivity index (χ0n) is 12.5. The number of nitrogens with zero attached hydrogens (tertiary/aromatic N) is 3. The maximum Gasteiger partial charge on any atom is 0.353 e. The lowest BCUT2D eigenvalue weighted by Gasteiger charge is -2.09. The number of fused-ring (bicyclic) bond motifs is 1. The molecule has 0 radical (unpaired) electrons. The number of rotatable bonds is 8. The average molecular weight is 343 g/mol. The molecule has 11 heteroatoms. The van der Waals surface area contributed by atoms with Gasteiger partial charge < -0.3 is 24.5 Å². The molecule has 10 nitrogen and oxygen atoms in total. The van der Waals surface area contributed by atoms with Crippen LogP contribution in [-0.4, -0.2) is 44.0 Å². The van der Waals surface area contributed by atoms with E-state index in [0.717, 1.165) is 0 Å². The van der Waals surface area contributed by atoms with Crippen molar-refractivity contribution < 1.29 is 18.7 Å². The van der Waals surface area contributed by atoms with Crippen molar-refractivity contribution in [3.05, 3.63) is 28.8 Å². The smallest absolute Gasteiger partial charge is 0.353 e. The number of hydrogen-bond acceptors (Lipinski definition) is 7. The summed E-state index contributed by atoms with van der Waals surface area (Å²) in [7, 11) is -3.67. The van der Waals surface area contributed by atoms with Crippen LogP contribution in [0.3, 0.4) is 0 Å². The number of aromatic nitrogens is 4. The number of aromatic amines is 1. The standard InChI is InChI=1S/C12H18N5O5P/c1-2-22-23(19,20)8-21-6-4-3-5-17-7-14-9-10(17)15-12(13)16-11(9)18/h3-4,7H,2,5-6,8H2,1H3,(H,19,20)(H3,13,15,16,18)/b4-3-. The molecule has 126 valence electrons. The predicted molar refractivity (Wildman–Crippen MR) is 84.0 cm³/mol. The summed E-state index contributed by atoms with van der Waals surface area (Å²) >= 11 is 0. The van der Waals surface area contributed by atoms with Crippen molar-refractivity contribution >= 4 is 24.7 Å². The lowest BCUT2D eigenvalue weighted by atomic mass is 10.5. The summed E-state index contributed by atoms with van der Waals surface area (Å²) in [6.07, 6.45) is 4.54. The van der Waals surface area contributed by atoms with E-state index in [0.29, 0.717) is 12.2 Å². The molecule has 2 rings (SSSR count). The highest BCUT2D eigenvalue weighted by molar-refractivity contribution is 7.52. The topological polar surface area (TPSA) is 145 Å². The lowest BCUT2D eigenvalue weighted by molar-refractivity contribution is 0.169. The van der Waals surface area contributed by atoms with Gasteiger partial charge >= 0.3 is 7.60 Å². The molecule has 2 heterocycles. The Labute approximate surface area is 131 Å². The monoisotopic (exact) mass is 343 g/mol. The van der Waals surface area contributed by atoms with E-state index in [1.165, 1.54) is 6.33 Å². The summed E-state index contributed by atoms with van der Waals surface area (Å²) in [5, 5.41) is 0. The van der Waals surface area contributed by atoms with Gasteiger partial charge in [-0.25, -0.2) is 4.98 Å². The molecule has 0 amide bonds. The molecular formula is C12H18N5O5P. The van der Waals surface area contributed by atoms with Gasteiger partial charge in [0.05, 0.1) is 19.5 Å². The second kappa shape index (κ2) is 7.51. The number of nitrogens with one attached hydrogen (secondary N) is 1. The highest BCUT2D eigenvalue weighted by Gasteiger charge is 2.17. The Bertz CT molecular complexity index is 799. The van der Waals surface area contributed by atoms with Gasteiger partial charge in [-0.15, -0.1) is 0 Å². The maximum absolute atomic E-state index is 11.6. The first-order chi connectivity index (χ1) is 10.9.